The Morgan fingerprint density at radius 3 is 2.40 bits per heavy atom. The highest BCUT2D eigenvalue weighted by molar-refractivity contribution is 6.02. The summed E-state index contributed by atoms with van der Waals surface area (Å²) in [5.74, 6) is 0.142. The molecule has 11 rings (SSSR count). The van der Waals surface area contributed by atoms with E-state index >= 15 is 4.79 Å². The topological polar surface area (TPSA) is 170 Å². The lowest BCUT2D eigenvalue weighted by atomic mass is 9.33. The fraction of sp³-hybridized carbons (Fsp3) is 0.742. The Balaban J connectivity index is 1.06. The van der Waals surface area contributed by atoms with Crippen LogP contribution in [-0.4, -0.2) is 98.9 Å². The highest BCUT2D eigenvalue weighted by Crippen LogP contribution is 2.76. The fourth-order valence-electron chi connectivity index (χ4n) is 18.5. The highest BCUT2D eigenvalue weighted by Gasteiger charge is 2.73. The van der Waals surface area contributed by atoms with Gasteiger partial charge >= 0.3 is 0 Å². The Kier molecular flexibility index (Phi) is 13.2. The van der Waals surface area contributed by atoms with E-state index in [-0.39, 0.29) is 36.2 Å². The maximum Gasteiger partial charge on any atom is 0.160 e. The van der Waals surface area contributed by atoms with Gasteiger partial charge in [-0.3, -0.25) is 9.59 Å². The van der Waals surface area contributed by atoms with Crippen molar-refractivity contribution in [3.8, 4) is 0 Å². The number of rotatable bonds is 13. The number of hydrogen-bond acceptors (Lipinski definition) is 9. The van der Waals surface area contributed by atoms with Crippen LogP contribution in [0.2, 0.25) is 0 Å². The molecule has 3 aromatic rings. The number of hydrogen-bond donors (Lipinski definition) is 6. The number of aromatic nitrogens is 2. The van der Waals surface area contributed by atoms with Gasteiger partial charge in [-0.05, 0) is 165 Å². The van der Waals surface area contributed by atoms with Crippen LogP contribution < -0.4 is 5.32 Å². The molecular weight excluding hydrogens is 915 g/mol. The molecule has 3 aliphatic heterocycles. The first kappa shape index (κ1) is 51.9. The van der Waals surface area contributed by atoms with Crippen LogP contribution in [0.3, 0.4) is 0 Å². The number of ketones is 2. The largest absolute Gasteiger partial charge is 0.396 e. The van der Waals surface area contributed by atoms with Gasteiger partial charge in [0.05, 0.1) is 34.4 Å². The summed E-state index contributed by atoms with van der Waals surface area (Å²) < 4.78 is 14.3. The second-order valence-corrected chi connectivity index (χ2v) is 27.1. The lowest BCUT2D eigenvalue weighted by molar-refractivity contribution is -0.228. The zero-order valence-electron chi connectivity index (χ0n) is 45.6. The quantitative estimate of drug-likeness (QED) is 0.0914. The molecule has 11 nitrogen and oxygen atoms in total. The zero-order valence-corrected chi connectivity index (χ0v) is 45.6. The maximum absolute atomic E-state index is 15.6. The van der Waals surface area contributed by atoms with Crippen molar-refractivity contribution in [2.75, 3.05) is 33.4 Å². The fourth-order valence-corrected chi connectivity index (χ4v) is 18.5. The Morgan fingerprint density at radius 2 is 1.70 bits per heavy atom. The number of nitrogens with zero attached hydrogens (tertiary/aromatic N) is 1. The second-order valence-electron chi connectivity index (χ2n) is 27.1. The molecule has 6 fully saturated rings. The summed E-state index contributed by atoms with van der Waals surface area (Å²) in [5, 5.41) is 51.9. The van der Waals surface area contributed by atoms with Gasteiger partial charge in [0.15, 0.2) is 5.78 Å². The van der Waals surface area contributed by atoms with E-state index in [0.717, 1.165) is 47.1 Å². The van der Waals surface area contributed by atoms with Crippen LogP contribution in [0.1, 0.15) is 185 Å². The first-order valence-corrected chi connectivity index (χ1v) is 28.9. The minimum Gasteiger partial charge on any atom is -0.396 e. The molecule has 4 saturated carbocycles. The van der Waals surface area contributed by atoms with Crippen LogP contribution in [0.25, 0.3) is 11.0 Å². The monoisotopic (exact) mass is 1000 g/mol. The van der Waals surface area contributed by atoms with Crippen molar-refractivity contribution < 1.29 is 39.5 Å². The molecule has 2 saturated heterocycles. The molecule has 6 N–H and O–H groups in total. The first-order chi connectivity index (χ1) is 34.6. The summed E-state index contributed by atoms with van der Waals surface area (Å²) in [5.41, 5.74) is 5.92. The van der Waals surface area contributed by atoms with Crippen LogP contribution in [0.5, 0.6) is 0 Å². The van der Waals surface area contributed by atoms with E-state index < -0.39 is 56.4 Å². The number of aromatic amines is 1. The summed E-state index contributed by atoms with van der Waals surface area (Å²) >= 11 is 0. The summed E-state index contributed by atoms with van der Waals surface area (Å²) in [6, 6.07) is 6.97. The van der Waals surface area contributed by atoms with Crippen LogP contribution in [0, 0.1) is 50.7 Å². The Labute approximate surface area is 435 Å². The second kappa shape index (κ2) is 18.5. The molecule has 0 radical (unpaired) electrons. The molecule has 2 aromatic heterocycles. The number of aliphatic hydroxyl groups is 4. The van der Waals surface area contributed by atoms with Crippen LogP contribution >= 0.6 is 0 Å². The van der Waals surface area contributed by atoms with Crippen molar-refractivity contribution >= 4 is 22.6 Å². The summed E-state index contributed by atoms with van der Waals surface area (Å²) in [4.78, 5) is 34.3. The van der Waals surface area contributed by atoms with Gasteiger partial charge in [-0.1, -0.05) is 72.1 Å². The average molecular weight is 1000 g/mol. The van der Waals surface area contributed by atoms with E-state index in [2.05, 4.69) is 80.1 Å². The number of ether oxygens (including phenoxy) is 2. The van der Waals surface area contributed by atoms with E-state index in [1.165, 1.54) is 54.4 Å². The predicted molar refractivity (Wildman–Crippen MR) is 284 cm³/mol. The van der Waals surface area contributed by atoms with E-state index in [9.17, 15) is 25.2 Å². The van der Waals surface area contributed by atoms with Gasteiger partial charge in [-0.15, -0.1) is 0 Å². The molecule has 11 heteroatoms. The number of benzene rings is 1. The highest BCUT2D eigenvalue weighted by atomic mass is 16.6. The van der Waals surface area contributed by atoms with Gasteiger partial charge in [0.2, 0.25) is 0 Å². The Hall–Kier alpha value is -3.16. The third-order valence-corrected chi connectivity index (χ3v) is 22.4. The molecule has 1 aromatic carbocycles. The first-order valence-electron chi connectivity index (χ1n) is 28.9. The minimum atomic E-state index is -0.929. The SMILES string of the molecule is CNCCC1(C)C(=O)C(CCCO)CC2(C)C1CCC1(C)C2C(O)C2Cn3cc(Cc4cc(C5CCCCC5)cc(C5(O)CCOCC5)c4)c4[nH]cc(c43)CCC(C)(CC(O)C3OC3(C)C)C3=C2C1(C)CC3=O. The smallest absolute Gasteiger partial charge is 0.160 e. The van der Waals surface area contributed by atoms with E-state index in [0.29, 0.717) is 102 Å². The van der Waals surface area contributed by atoms with Gasteiger partial charge in [0, 0.05) is 92.7 Å². The van der Waals surface area contributed by atoms with Crippen molar-refractivity contribution in [3.05, 3.63) is 69.6 Å². The lowest BCUT2D eigenvalue weighted by Crippen LogP contribution is -2.69. The van der Waals surface area contributed by atoms with E-state index in [1.807, 2.05) is 20.9 Å². The molecule has 400 valence electrons. The van der Waals surface area contributed by atoms with Gasteiger partial charge in [0.1, 0.15) is 11.9 Å². The summed E-state index contributed by atoms with van der Waals surface area (Å²) in [7, 11) is 1.96. The number of fused-ring (bicyclic) bond motifs is 4. The zero-order chi connectivity index (χ0) is 51.7. The molecule has 5 heterocycles. The van der Waals surface area contributed by atoms with E-state index in [4.69, 9.17) is 9.47 Å². The van der Waals surface area contributed by atoms with Crippen molar-refractivity contribution in [3.63, 3.8) is 0 Å². The number of aliphatic hydroxyl groups excluding tert-OH is 3. The molecular formula is C62H89N3O8. The van der Waals surface area contributed by atoms with Gasteiger partial charge < -0.3 is 44.8 Å². The number of carbonyl (C=O) groups is 2. The standard InChI is InChI=1S/C62H89N3O8/c1-56(2)55(73-56)46(68)32-57(3)18-16-40-34-64-50-42(28-37-27-41(38-13-10-9-11-14-38)30-43(29-37)62(71)21-25-72-26-22-62)35-65(51(40)50)36-44-48-49(57)45(67)33-61(48,7)60(6)19-17-47-58(4,20-23-63-8)54(70)39(15-12-24-66)31-59(47,5)53(60)52(44)69/h27,29-30,34-35,38-39,44,46-47,52-53,55,63-64,66,68-69,71H,9-26,28,31-33,36H2,1-8H3. The van der Waals surface area contributed by atoms with Gasteiger partial charge in [-0.2, -0.15) is 0 Å². The third-order valence-electron chi connectivity index (χ3n) is 22.4. The van der Waals surface area contributed by atoms with Crippen molar-refractivity contribution in [1.82, 2.24) is 14.9 Å². The number of carbonyl (C=O) groups excluding carboxylic acids is 2. The lowest BCUT2D eigenvalue weighted by Gasteiger charge is -2.71. The van der Waals surface area contributed by atoms with Crippen LogP contribution in [0.4, 0.5) is 0 Å². The average Bonchev–Trinajstić information content (AvgIpc) is 3.58. The van der Waals surface area contributed by atoms with Crippen LogP contribution in [0.15, 0.2) is 41.7 Å². The molecule has 0 bridgehead atoms. The van der Waals surface area contributed by atoms with Crippen molar-refractivity contribution in [2.45, 2.75) is 206 Å². The molecule has 8 aliphatic rings. The summed E-state index contributed by atoms with van der Waals surface area (Å²) in [6.45, 7) is 18.0. The Bertz CT molecular complexity index is 2650. The molecule has 5 aliphatic carbocycles. The van der Waals surface area contributed by atoms with Crippen molar-refractivity contribution in [1.29, 1.82) is 0 Å². The van der Waals surface area contributed by atoms with Crippen LogP contribution in [-0.2, 0) is 44.1 Å². The number of aryl methyl sites for hydroxylation is 1. The Morgan fingerprint density at radius 1 is 0.959 bits per heavy atom. The third kappa shape index (κ3) is 8.19. The molecule has 0 amide bonds. The number of Topliss-reactive ketones (excluding diaryl/α,β-unsaturated/α-hetero) is 2. The van der Waals surface area contributed by atoms with Gasteiger partial charge in [0.25, 0.3) is 0 Å². The van der Waals surface area contributed by atoms with Gasteiger partial charge in [-0.25, -0.2) is 0 Å². The van der Waals surface area contributed by atoms with Crippen molar-refractivity contribution in [2.24, 2.45) is 50.7 Å². The maximum atomic E-state index is 15.6. The number of H-pyrrole nitrogens is 1. The predicted octanol–water partition coefficient (Wildman–Crippen LogP) is 9.77. The normalized spacial score (nSPS) is 38.5. The molecule has 73 heavy (non-hydrogen) atoms. The minimum absolute atomic E-state index is 0.0389. The molecule has 12 atom stereocenters. The molecule has 0 spiro atoms. The van der Waals surface area contributed by atoms with E-state index in [1.54, 1.807) is 0 Å². The molecule has 12 unspecified atom stereocenters. The number of allylic oxidation sites excluding steroid dienone is 1. The number of nitrogens with one attached hydrogen (secondary N) is 2. The summed E-state index contributed by atoms with van der Waals surface area (Å²) in [6.07, 6.45) is 16.9. The number of epoxide rings is 1.